The maximum absolute atomic E-state index is 11.0. The normalized spacial score (nSPS) is 8.87. The Morgan fingerprint density at radius 2 is 2.13 bits per heavy atom. The van der Waals surface area contributed by atoms with E-state index in [0.29, 0.717) is 0 Å². The van der Waals surface area contributed by atoms with Gasteiger partial charge in [-0.05, 0) is 12.1 Å². The number of carbonyl (C=O) groups excluding carboxylic acids is 1. The minimum atomic E-state index is -0.651. The lowest BCUT2D eigenvalue weighted by molar-refractivity contribution is -0.383. The van der Waals surface area contributed by atoms with Crippen molar-refractivity contribution in [2.24, 2.45) is 0 Å². The van der Waals surface area contributed by atoms with Gasteiger partial charge < -0.3 is 10.5 Å². The molecule has 1 aromatic rings. The van der Waals surface area contributed by atoms with Gasteiger partial charge in [0.15, 0.2) is 0 Å². The average molecular weight is 230 g/mol. The molecule has 0 bridgehead atoms. The molecular weight excluding hydrogens is 219 g/mol. The Morgan fingerprint density at radius 1 is 1.53 bits per heavy atom. The highest BCUT2D eigenvalue weighted by Gasteiger charge is 2.15. The molecule has 0 aliphatic carbocycles. The molecule has 1 aromatic carbocycles. The molecular formula is C8H11N2O4P. The molecule has 1 unspecified atom stereocenters. The van der Waals surface area contributed by atoms with Crippen molar-refractivity contribution >= 4 is 27.2 Å². The molecule has 0 saturated carbocycles. The van der Waals surface area contributed by atoms with Gasteiger partial charge >= 0.3 is 5.97 Å². The van der Waals surface area contributed by atoms with E-state index in [9.17, 15) is 14.9 Å². The number of rotatable bonds is 2. The summed E-state index contributed by atoms with van der Waals surface area (Å²) in [5, 5.41) is 10.5. The van der Waals surface area contributed by atoms with Gasteiger partial charge in [-0.25, -0.2) is 4.79 Å². The van der Waals surface area contributed by atoms with E-state index in [-0.39, 0.29) is 26.8 Å². The molecule has 2 N–H and O–H groups in total. The molecule has 0 heterocycles. The van der Waals surface area contributed by atoms with Gasteiger partial charge in [-0.3, -0.25) is 10.1 Å². The van der Waals surface area contributed by atoms with Gasteiger partial charge in [0.25, 0.3) is 5.69 Å². The molecule has 0 saturated heterocycles. The topological polar surface area (TPSA) is 95.5 Å². The van der Waals surface area contributed by atoms with Crippen molar-refractivity contribution in [1.29, 1.82) is 0 Å². The van der Waals surface area contributed by atoms with Crippen LogP contribution in [0.2, 0.25) is 0 Å². The molecule has 0 aliphatic rings. The number of nitrogen functional groups attached to an aromatic ring is 1. The van der Waals surface area contributed by atoms with Crippen molar-refractivity contribution in [2.75, 3.05) is 12.8 Å². The number of carbonyl (C=O) groups is 1. The van der Waals surface area contributed by atoms with Crippen LogP contribution in [-0.2, 0) is 4.74 Å². The summed E-state index contributed by atoms with van der Waals surface area (Å²) in [6.07, 6.45) is 0. The SMILES string of the molecule is COC(=O)c1ccc(N)c([N+](=O)[O-])c1.P. The second-order valence-electron chi connectivity index (χ2n) is 2.52. The summed E-state index contributed by atoms with van der Waals surface area (Å²) in [6.45, 7) is 0. The van der Waals surface area contributed by atoms with Crippen molar-refractivity contribution in [3.05, 3.63) is 33.9 Å². The first-order chi connectivity index (χ1) is 6.56. The fraction of sp³-hybridized carbons (Fsp3) is 0.125. The minimum absolute atomic E-state index is 0. The highest BCUT2D eigenvalue weighted by Crippen LogP contribution is 2.22. The van der Waals surface area contributed by atoms with E-state index >= 15 is 0 Å². The number of methoxy groups -OCH3 is 1. The molecule has 0 amide bonds. The summed E-state index contributed by atoms with van der Waals surface area (Å²) in [4.78, 5) is 20.8. The first-order valence-corrected chi connectivity index (χ1v) is 3.68. The number of nitrogens with zero attached hydrogens (tertiary/aromatic N) is 1. The number of benzene rings is 1. The quantitative estimate of drug-likeness (QED) is 0.269. The summed E-state index contributed by atoms with van der Waals surface area (Å²) in [5.74, 6) is -0.631. The summed E-state index contributed by atoms with van der Waals surface area (Å²) < 4.78 is 4.41. The highest BCUT2D eigenvalue weighted by molar-refractivity contribution is 6.92. The monoisotopic (exact) mass is 230 g/mol. The zero-order valence-electron chi connectivity index (χ0n) is 8.10. The van der Waals surface area contributed by atoms with E-state index < -0.39 is 10.9 Å². The Hall–Kier alpha value is -1.68. The van der Waals surface area contributed by atoms with Gasteiger partial charge in [0.1, 0.15) is 5.69 Å². The summed E-state index contributed by atoms with van der Waals surface area (Å²) in [7, 11) is 1.20. The van der Waals surface area contributed by atoms with Crippen molar-refractivity contribution in [3.8, 4) is 0 Å². The number of nitro groups is 1. The van der Waals surface area contributed by atoms with Gasteiger partial charge in [0.05, 0.1) is 17.6 Å². The van der Waals surface area contributed by atoms with Crippen LogP contribution in [0.15, 0.2) is 18.2 Å². The Labute approximate surface area is 89.2 Å². The molecule has 1 rings (SSSR count). The zero-order valence-corrected chi connectivity index (χ0v) is 9.51. The lowest BCUT2D eigenvalue weighted by Gasteiger charge is -2.00. The maximum Gasteiger partial charge on any atom is 0.338 e. The third-order valence-corrected chi connectivity index (χ3v) is 1.65. The number of ether oxygens (including phenoxy) is 1. The fourth-order valence-electron chi connectivity index (χ4n) is 0.947. The molecule has 0 aromatic heterocycles. The van der Waals surface area contributed by atoms with E-state index in [4.69, 9.17) is 5.73 Å². The molecule has 82 valence electrons. The molecule has 15 heavy (non-hydrogen) atoms. The molecule has 0 spiro atoms. The first-order valence-electron chi connectivity index (χ1n) is 3.68. The molecule has 1 atom stereocenters. The lowest BCUT2D eigenvalue weighted by Crippen LogP contribution is -2.03. The second kappa shape index (κ2) is 5.26. The number of nitro benzene ring substituents is 1. The second-order valence-corrected chi connectivity index (χ2v) is 2.52. The standard InChI is InChI=1S/C8H8N2O4.H3P/c1-14-8(11)5-2-3-6(9)7(4-5)10(12)13;/h2-4H,9H2,1H3;1H3. The number of hydrogen-bond donors (Lipinski definition) is 1. The van der Waals surface area contributed by atoms with Crippen LogP contribution in [0.5, 0.6) is 0 Å². The predicted octanol–water partition coefficient (Wildman–Crippen LogP) is 1.02. The van der Waals surface area contributed by atoms with Crippen LogP contribution in [0.25, 0.3) is 0 Å². The molecule has 7 heteroatoms. The van der Waals surface area contributed by atoms with E-state index in [1.54, 1.807) is 0 Å². The summed E-state index contributed by atoms with van der Waals surface area (Å²) in [6, 6.07) is 3.75. The van der Waals surface area contributed by atoms with Crippen molar-refractivity contribution in [3.63, 3.8) is 0 Å². The number of esters is 1. The van der Waals surface area contributed by atoms with Gasteiger partial charge in [-0.15, -0.1) is 0 Å². The van der Waals surface area contributed by atoms with Crippen LogP contribution in [0.3, 0.4) is 0 Å². The molecule has 6 nitrogen and oxygen atoms in total. The Morgan fingerprint density at radius 3 is 2.60 bits per heavy atom. The van der Waals surface area contributed by atoms with Crippen LogP contribution >= 0.6 is 9.90 Å². The Bertz CT molecular complexity index is 394. The van der Waals surface area contributed by atoms with Crippen LogP contribution in [-0.4, -0.2) is 18.0 Å². The van der Waals surface area contributed by atoms with E-state index in [1.807, 2.05) is 0 Å². The number of hydrogen-bond acceptors (Lipinski definition) is 5. The van der Waals surface area contributed by atoms with Crippen LogP contribution in [0, 0.1) is 10.1 Å². The van der Waals surface area contributed by atoms with E-state index in [2.05, 4.69) is 4.74 Å². The van der Waals surface area contributed by atoms with E-state index in [0.717, 1.165) is 6.07 Å². The number of anilines is 1. The Kier molecular flexibility index (Phi) is 4.67. The first kappa shape index (κ1) is 13.3. The Balaban J connectivity index is 0.00000196. The number of nitrogens with two attached hydrogens (primary N) is 1. The van der Waals surface area contributed by atoms with Crippen molar-refractivity contribution in [2.45, 2.75) is 0 Å². The van der Waals surface area contributed by atoms with Crippen LogP contribution < -0.4 is 5.73 Å². The van der Waals surface area contributed by atoms with Gasteiger partial charge in [0, 0.05) is 6.07 Å². The fourth-order valence-corrected chi connectivity index (χ4v) is 0.947. The lowest BCUT2D eigenvalue weighted by atomic mass is 10.2. The van der Waals surface area contributed by atoms with Crippen LogP contribution in [0.1, 0.15) is 10.4 Å². The zero-order chi connectivity index (χ0) is 10.7. The average Bonchev–Trinajstić information content (AvgIpc) is 2.17. The summed E-state index contributed by atoms with van der Waals surface area (Å²) >= 11 is 0. The largest absolute Gasteiger partial charge is 0.465 e. The third kappa shape index (κ3) is 2.89. The maximum atomic E-state index is 11.0. The van der Waals surface area contributed by atoms with Crippen LogP contribution in [0.4, 0.5) is 11.4 Å². The molecule has 0 radical (unpaired) electrons. The molecule has 0 aliphatic heterocycles. The predicted molar refractivity (Wildman–Crippen MR) is 60.0 cm³/mol. The third-order valence-electron chi connectivity index (χ3n) is 1.65. The minimum Gasteiger partial charge on any atom is -0.465 e. The van der Waals surface area contributed by atoms with Crippen molar-refractivity contribution < 1.29 is 14.5 Å². The van der Waals surface area contributed by atoms with Gasteiger partial charge in [0.2, 0.25) is 0 Å². The van der Waals surface area contributed by atoms with Gasteiger partial charge in [-0.2, -0.15) is 9.90 Å². The van der Waals surface area contributed by atoms with E-state index in [1.165, 1.54) is 19.2 Å². The summed E-state index contributed by atoms with van der Waals surface area (Å²) in [5.41, 5.74) is 5.16. The van der Waals surface area contributed by atoms with Gasteiger partial charge in [-0.1, -0.05) is 0 Å². The smallest absolute Gasteiger partial charge is 0.338 e. The molecule has 0 fully saturated rings. The van der Waals surface area contributed by atoms with Crippen molar-refractivity contribution in [1.82, 2.24) is 0 Å². The highest BCUT2D eigenvalue weighted by atomic mass is 31.0.